The summed E-state index contributed by atoms with van der Waals surface area (Å²) >= 11 is 0. The Morgan fingerprint density at radius 1 is 1.47 bits per heavy atom. The maximum atomic E-state index is 11.5. The molecule has 2 rings (SSSR count). The van der Waals surface area contributed by atoms with Crippen molar-refractivity contribution in [2.45, 2.75) is 20.4 Å². The highest BCUT2D eigenvalue weighted by atomic mass is 16.5. The van der Waals surface area contributed by atoms with Gasteiger partial charge < -0.3 is 9.09 Å². The Bertz CT molecular complexity index is 527. The van der Waals surface area contributed by atoms with Gasteiger partial charge in [0.2, 0.25) is 5.89 Å². The first-order valence-electron chi connectivity index (χ1n) is 4.61. The van der Waals surface area contributed by atoms with Crippen LogP contribution in [-0.4, -0.2) is 14.7 Å². The minimum absolute atomic E-state index is 0.0579. The van der Waals surface area contributed by atoms with E-state index < -0.39 is 0 Å². The molecule has 5 nitrogen and oxygen atoms in total. The Hall–Kier alpha value is -1.91. The van der Waals surface area contributed by atoms with Crippen molar-refractivity contribution in [1.29, 1.82) is 0 Å². The van der Waals surface area contributed by atoms with Gasteiger partial charge in [-0.2, -0.15) is 4.98 Å². The predicted molar refractivity (Wildman–Crippen MR) is 53.6 cm³/mol. The molecule has 78 valence electrons. The fourth-order valence-corrected chi connectivity index (χ4v) is 1.30. The normalized spacial score (nSPS) is 10.5. The summed E-state index contributed by atoms with van der Waals surface area (Å²) in [6, 6.07) is 3.45. The lowest BCUT2D eigenvalue weighted by molar-refractivity contribution is 0.386. The molecule has 0 fully saturated rings. The van der Waals surface area contributed by atoms with Gasteiger partial charge in [-0.05, 0) is 18.6 Å². The van der Waals surface area contributed by atoms with E-state index in [0.717, 1.165) is 5.56 Å². The highest BCUT2D eigenvalue weighted by Crippen LogP contribution is 1.98. The molecule has 0 aromatic carbocycles. The fraction of sp³-hybridized carbons (Fsp3) is 0.300. The van der Waals surface area contributed by atoms with Crippen LogP contribution in [0.2, 0.25) is 0 Å². The molecule has 15 heavy (non-hydrogen) atoms. The number of aryl methyl sites for hydroxylation is 2. The average Bonchev–Trinajstić information content (AvgIpc) is 2.56. The third kappa shape index (κ3) is 2.12. The maximum Gasteiger partial charge on any atom is 0.251 e. The number of aromatic nitrogens is 3. The van der Waals surface area contributed by atoms with Crippen molar-refractivity contribution in [2.24, 2.45) is 0 Å². The van der Waals surface area contributed by atoms with Crippen molar-refractivity contribution in [3.63, 3.8) is 0 Å². The van der Waals surface area contributed by atoms with Crippen LogP contribution < -0.4 is 5.56 Å². The summed E-state index contributed by atoms with van der Waals surface area (Å²) in [6.07, 6.45) is 1.73. The minimum atomic E-state index is -0.0579. The van der Waals surface area contributed by atoms with Gasteiger partial charge in [-0.3, -0.25) is 4.79 Å². The zero-order chi connectivity index (χ0) is 10.8. The Kier molecular flexibility index (Phi) is 2.37. The molecule has 5 heteroatoms. The monoisotopic (exact) mass is 205 g/mol. The standard InChI is InChI=1S/C10H11N3O2/c1-7-3-4-13(10(14)5-7)6-9-11-8(2)15-12-9/h3-5H,6H2,1-2H3. The van der Waals surface area contributed by atoms with Gasteiger partial charge >= 0.3 is 0 Å². The summed E-state index contributed by atoms with van der Waals surface area (Å²) in [5.74, 6) is 1.02. The van der Waals surface area contributed by atoms with E-state index in [9.17, 15) is 4.79 Å². The van der Waals surface area contributed by atoms with Crippen molar-refractivity contribution in [2.75, 3.05) is 0 Å². The van der Waals surface area contributed by atoms with Gasteiger partial charge in [0.25, 0.3) is 5.56 Å². The summed E-state index contributed by atoms with van der Waals surface area (Å²) in [4.78, 5) is 15.6. The van der Waals surface area contributed by atoms with E-state index in [0.29, 0.717) is 18.3 Å². The third-order valence-corrected chi connectivity index (χ3v) is 2.03. The van der Waals surface area contributed by atoms with E-state index in [1.807, 2.05) is 13.0 Å². The number of nitrogens with zero attached hydrogens (tertiary/aromatic N) is 3. The van der Waals surface area contributed by atoms with Crippen LogP contribution in [0.25, 0.3) is 0 Å². The third-order valence-electron chi connectivity index (χ3n) is 2.03. The van der Waals surface area contributed by atoms with Crippen molar-refractivity contribution in [1.82, 2.24) is 14.7 Å². The van der Waals surface area contributed by atoms with Gasteiger partial charge in [0, 0.05) is 19.2 Å². The molecule has 0 saturated carbocycles. The molecule has 0 bridgehead atoms. The molecular weight excluding hydrogens is 194 g/mol. The van der Waals surface area contributed by atoms with E-state index in [1.165, 1.54) is 4.57 Å². The quantitative estimate of drug-likeness (QED) is 0.730. The second kappa shape index (κ2) is 3.68. The SMILES string of the molecule is Cc1ccn(Cc2noc(C)n2)c(=O)c1. The summed E-state index contributed by atoms with van der Waals surface area (Å²) in [6.45, 7) is 3.94. The first kappa shape index (κ1) is 9.64. The molecule has 0 radical (unpaired) electrons. The smallest absolute Gasteiger partial charge is 0.251 e. The highest BCUT2D eigenvalue weighted by molar-refractivity contribution is 5.08. The zero-order valence-electron chi connectivity index (χ0n) is 8.60. The van der Waals surface area contributed by atoms with Crippen LogP contribution in [0.5, 0.6) is 0 Å². The molecule has 0 aliphatic heterocycles. The first-order valence-corrected chi connectivity index (χ1v) is 4.61. The summed E-state index contributed by atoms with van der Waals surface area (Å²) in [5, 5.41) is 3.73. The molecule has 0 aliphatic rings. The number of rotatable bonds is 2. The molecule has 0 atom stereocenters. The van der Waals surface area contributed by atoms with Crippen LogP contribution in [0.4, 0.5) is 0 Å². The lowest BCUT2D eigenvalue weighted by Gasteiger charge is -2.01. The Morgan fingerprint density at radius 2 is 2.27 bits per heavy atom. The minimum Gasteiger partial charge on any atom is -0.340 e. The molecule has 0 unspecified atom stereocenters. The summed E-state index contributed by atoms with van der Waals surface area (Å²) in [7, 11) is 0. The topological polar surface area (TPSA) is 60.9 Å². The molecule has 2 aromatic rings. The summed E-state index contributed by atoms with van der Waals surface area (Å²) in [5.41, 5.74) is 0.887. The van der Waals surface area contributed by atoms with E-state index >= 15 is 0 Å². The summed E-state index contributed by atoms with van der Waals surface area (Å²) < 4.78 is 6.36. The lowest BCUT2D eigenvalue weighted by atomic mass is 10.3. The van der Waals surface area contributed by atoms with Gasteiger partial charge in [0.1, 0.15) is 0 Å². The Labute approximate surface area is 86.4 Å². The van der Waals surface area contributed by atoms with E-state index in [1.54, 1.807) is 19.2 Å². The highest BCUT2D eigenvalue weighted by Gasteiger charge is 2.04. The molecule has 2 heterocycles. The first-order chi connectivity index (χ1) is 7.15. The number of hydrogen-bond acceptors (Lipinski definition) is 4. The Balaban J connectivity index is 2.28. The second-order valence-corrected chi connectivity index (χ2v) is 3.40. The maximum absolute atomic E-state index is 11.5. The number of pyridine rings is 1. The van der Waals surface area contributed by atoms with Crippen molar-refractivity contribution >= 4 is 0 Å². The van der Waals surface area contributed by atoms with Crippen LogP contribution in [0.1, 0.15) is 17.3 Å². The molecule has 0 amide bonds. The van der Waals surface area contributed by atoms with Gasteiger partial charge in [-0.15, -0.1) is 0 Å². The predicted octanol–water partition coefficient (Wildman–Crippen LogP) is 0.896. The Morgan fingerprint density at radius 3 is 2.87 bits per heavy atom. The van der Waals surface area contributed by atoms with Crippen molar-refractivity contribution in [3.05, 3.63) is 46.0 Å². The van der Waals surface area contributed by atoms with Gasteiger partial charge in [0.05, 0.1) is 6.54 Å². The molecule has 0 N–H and O–H groups in total. The van der Waals surface area contributed by atoms with Crippen LogP contribution in [-0.2, 0) is 6.54 Å². The van der Waals surface area contributed by atoms with Crippen LogP contribution in [0, 0.1) is 13.8 Å². The molecule has 0 aliphatic carbocycles. The van der Waals surface area contributed by atoms with E-state index in [4.69, 9.17) is 4.52 Å². The van der Waals surface area contributed by atoms with Crippen LogP contribution >= 0.6 is 0 Å². The largest absolute Gasteiger partial charge is 0.340 e. The average molecular weight is 205 g/mol. The number of hydrogen-bond donors (Lipinski definition) is 0. The lowest BCUT2D eigenvalue weighted by Crippen LogP contribution is -2.19. The van der Waals surface area contributed by atoms with Crippen molar-refractivity contribution < 1.29 is 4.52 Å². The van der Waals surface area contributed by atoms with E-state index in [2.05, 4.69) is 10.1 Å². The zero-order valence-corrected chi connectivity index (χ0v) is 8.60. The van der Waals surface area contributed by atoms with Gasteiger partial charge in [-0.25, -0.2) is 0 Å². The second-order valence-electron chi connectivity index (χ2n) is 3.40. The molecule has 2 aromatic heterocycles. The van der Waals surface area contributed by atoms with Crippen LogP contribution in [0.15, 0.2) is 27.6 Å². The fourth-order valence-electron chi connectivity index (χ4n) is 1.30. The van der Waals surface area contributed by atoms with Gasteiger partial charge in [-0.1, -0.05) is 5.16 Å². The van der Waals surface area contributed by atoms with Crippen LogP contribution in [0.3, 0.4) is 0 Å². The molecular formula is C10H11N3O2. The van der Waals surface area contributed by atoms with E-state index in [-0.39, 0.29) is 5.56 Å². The molecule has 0 spiro atoms. The van der Waals surface area contributed by atoms with Crippen molar-refractivity contribution in [3.8, 4) is 0 Å². The van der Waals surface area contributed by atoms with Gasteiger partial charge in [0.15, 0.2) is 5.82 Å². The molecule has 0 saturated heterocycles.